The minimum absolute atomic E-state index is 0.267. The number of primary amides is 1. The number of hydrogen-bond acceptors (Lipinski definition) is 6. The molecule has 164 valence electrons. The van der Waals surface area contributed by atoms with Crippen molar-refractivity contribution < 1.29 is 23.0 Å². The lowest BCUT2D eigenvalue weighted by molar-refractivity contribution is -0.120. The Kier molecular flexibility index (Phi) is 6.43. The molecule has 2 aliphatic heterocycles. The SMILES string of the molecule is NC(=O)C1N=C(c2c(F)cccc2F)OC1c1ccc(NCCN2CCOCC2)cc1. The van der Waals surface area contributed by atoms with E-state index in [1.54, 1.807) is 12.1 Å². The first-order valence-electron chi connectivity index (χ1n) is 10.1. The summed E-state index contributed by atoms with van der Waals surface area (Å²) >= 11 is 0. The molecule has 2 atom stereocenters. The van der Waals surface area contributed by atoms with E-state index in [1.165, 1.54) is 6.07 Å². The molecule has 4 rings (SSSR count). The third-order valence-electron chi connectivity index (χ3n) is 5.35. The molecule has 7 nitrogen and oxygen atoms in total. The maximum absolute atomic E-state index is 14.1. The van der Waals surface area contributed by atoms with Crippen molar-refractivity contribution in [3.05, 3.63) is 65.2 Å². The molecule has 2 heterocycles. The van der Waals surface area contributed by atoms with E-state index in [4.69, 9.17) is 15.2 Å². The van der Waals surface area contributed by atoms with Gasteiger partial charge in [-0.25, -0.2) is 13.8 Å². The Balaban J connectivity index is 1.43. The van der Waals surface area contributed by atoms with Crippen LogP contribution in [0.4, 0.5) is 14.5 Å². The number of carbonyl (C=O) groups excluding carboxylic acids is 1. The van der Waals surface area contributed by atoms with Crippen molar-refractivity contribution in [3.8, 4) is 0 Å². The summed E-state index contributed by atoms with van der Waals surface area (Å²) in [6, 6.07) is 9.67. The number of nitrogens with two attached hydrogens (primary N) is 1. The molecule has 0 spiro atoms. The van der Waals surface area contributed by atoms with Crippen molar-refractivity contribution in [2.24, 2.45) is 10.7 Å². The van der Waals surface area contributed by atoms with E-state index in [-0.39, 0.29) is 5.90 Å². The predicted octanol–water partition coefficient (Wildman–Crippen LogP) is 2.08. The third kappa shape index (κ3) is 4.83. The second-order valence-corrected chi connectivity index (χ2v) is 7.42. The van der Waals surface area contributed by atoms with Crippen LogP contribution < -0.4 is 11.1 Å². The highest BCUT2D eigenvalue weighted by atomic mass is 19.1. The van der Waals surface area contributed by atoms with E-state index in [0.29, 0.717) is 5.56 Å². The van der Waals surface area contributed by atoms with Crippen LogP contribution >= 0.6 is 0 Å². The molecule has 1 fully saturated rings. The summed E-state index contributed by atoms with van der Waals surface area (Å²) in [6.45, 7) is 5.07. The molecule has 0 saturated carbocycles. The Labute approximate surface area is 178 Å². The number of benzene rings is 2. The third-order valence-corrected chi connectivity index (χ3v) is 5.35. The van der Waals surface area contributed by atoms with Gasteiger partial charge in [-0.2, -0.15) is 0 Å². The van der Waals surface area contributed by atoms with Crippen LogP contribution in [-0.2, 0) is 14.3 Å². The van der Waals surface area contributed by atoms with E-state index in [2.05, 4.69) is 15.2 Å². The lowest BCUT2D eigenvalue weighted by Crippen LogP contribution is -2.39. The maximum atomic E-state index is 14.1. The van der Waals surface area contributed by atoms with Crippen molar-refractivity contribution in [1.82, 2.24) is 4.90 Å². The van der Waals surface area contributed by atoms with Gasteiger partial charge in [0.05, 0.1) is 13.2 Å². The molecule has 2 aliphatic rings. The average molecular weight is 430 g/mol. The van der Waals surface area contributed by atoms with Crippen LogP contribution in [0.2, 0.25) is 0 Å². The van der Waals surface area contributed by atoms with Crippen LogP contribution in [0.5, 0.6) is 0 Å². The standard InChI is InChI=1S/C22H24F2N4O3/c23-16-2-1-3-17(24)18(16)22-27-19(21(25)29)20(31-22)14-4-6-15(7-5-14)26-8-9-28-10-12-30-13-11-28/h1-7,19-20,26H,8-13H2,(H2,25,29). The summed E-state index contributed by atoms with van der Waals surface area (Å²) in [7, 11) is 0. The van der Waals surface area contributed by atoms with E-state index in [9.17, 15) is 13.6 Å². The van der Waals surface area contributed by atoms with Crippen molar-refractivity contribution >= 4 is 17.5 Å². The van der Waals surface area contributed by atoms with Crippen LogP contribution in [0.1, 0.15) is 17.2 Å². The molecule has 0 aromatic heterocycles. The highest BCUT2D eigenvalue weighted by molar-refractivity contribution is 5.99. The lowest BCUT2D eigenvalue weighted by Gasteiger charge is -2.26. The number of halogens is 2. The molecule has 1 saturated heterocycles. The summed E-state index contributed by atoms with van der Waals surface area (Å²) in [4.78, 5) is 18.3. The Hall–Kier alpha value is -3.04. The van der Waals surface area contributed by atoms with Gasteiger partial charge in [0, 0.05) is 31.9 Å². The zero-order valence-corrected chi connectivity index (χ0v) is 16.9. The zero-order chi connectivity index (χ0) is 21.8. The van der Waals surface area contributed by atoms with Gasteiger partial charge in [-0.3, -0.25) is 9.69 Å². The molecule has 0 aliphatic carbocycles. The fourth-order valence-corrected chi connectivity index (χ4v) is 3.67. The van der Waals surface area contributed by atoms with E-state index >= 15 is 0 Å². The zero-order valence-electron chi connectivity index (χ0n) is 16.9. The largest absolute Gasteiger partial charge is 0.466 e. The first-order valence-corrected chi connectivity index (χ1v) is 10.1. The van der Waals surface area contributed by atoms with Crippen LogP contribution in [-0.4, -0.2) is 62.1 Å². The quantitative estimate of drug-likeness (QED) is 0.702. The monoisotopic (exact) mass is 430 g/mol. The number of nitrogens with zero attached hydrogens (tertiary/aromatic N) is 2. The number of rotatable bonds is 7. The average Bonchev–Trinajstić information content (AvgIpc) is 3.20. The molecule has 3 N–H and O–H groups in total. The smallest absolute Gasteiger partial charge is 0.246 e. The van der Waals surface area contributed by atoms with Crippen molar-refractivity contribution in [3.63, 3.8) is 0 Å². The van der Waals surface area contributed by atoms with Gasteiger partial charge in [-0.1, -0.05) is 18.2 Å². The molecule has 1 amide bonds. The van der Waals surface area contributed by atoms with Crippen LogP contribution in [0.3, 0.4) is 0 Å². The molecular weight excluding hydrogens is 406 g/mol. The first kappa shape index (κ1) is 21.2. The van der Waals surface area contributed by atoms with Gasteiger partial charge >= 0.3 is 0 Å². The Bertz CT molecular complexity index is 941. The number of morpholine rings is 1. The summed E-state index contributed by atoms with van der Waals surface area (Å²) in [5, 5.41) is 3.35. The predicted molar refractivity (Wildman–Crippen MR) is 112 cm³/mol. The summed E-state index contributed by atoms with van der Waals surface area (Å²) in [5.41, 5.74) is 6.61. The highest BCUT2D eigenvalue weighted by Crippen LogP contribution is 2.33. The molecule has 2 aromatic rings. The minimum Gasteiger partial charge on any atom is -0.466 e. The Morgan fingerprint density at radius 2 is 1.81 bits per heavy atom. The van der Waals surface area contributed by atoms with Gasteiger partial charge < -0.3 is 20.5 Å². The summed E-state index contributed by atoms with van der Waals surface area (Å²) in [5.74, 6) is -2.63. The van der Waals surface area contributed by atoms with Crippen LogP contribution in [0.25, 0.3) is 0 Å². The van der Waals surface area contributed by atoms with Gasteiger partial charge in [0.25, 0.3) is 0 Å². The first-order chi connectivity index (χ1) is 15.0. The number of anilines is 1. The molecule has 31 heavy (non-hydrogen) atoms. The van der Waals surface area contributed by atoms with Gasteiger partial charge in [0.2, 0.25) is 11.8 Å². The number of carbonyl (C=O) groups is 1. The second-order valence-electron chi connectivity index (χ2n) is 7.42. The Morgan fingerprint density at radius 3 is 2.45 bits per heavy atom. The normalized spacial score (nSPS) is 21.4. The fourth-order valence-electron chi connectivity index (χ4n) is 3.67. The molecule has 9 heteroatoms. The van der Waals surface area contributed by atoms with Crippen LogP contribution in [0, 0.1) is 11.6 Å². The van der Waals surface area contributed by atoms with E-state index in [1.807, 2.05) is 12.1 Å². The number of aliphatic imine (C=N–C) groups is 1. The van der Waals surface area contributed by atoms with E-state index in [0.717, 1.165) is 57.2 Å². The Morgan fingerprint density at radius 1 is 1.13 bits per heavy atom. The van der Waals surface area contributed by atoms with Gasteiger partial charge in [-0.15, -0.1) is 0 Å². The van der Waals surface area contributed by atoms with E-state index < -0.39 is 35.3 Å². The molecule has 2 aromatic carbocycles. The molecule has 0 radical (unpaired) electrons. The van der Waals surface area contributed by atoms with Gasteiger partial charge in [-0.05, 0) is 29.8 Å². The fraction of sp³-hybridized carbons (Fsp3) is 0.364. The second kappa shape index (κ2) is 9.40. The topological polar surface area (TPSA) is 89.2 Å². The van der Waals surface area contributed by atoms with Gasteiger partial charge in [0.1, 0.15) is 17.2 Å². The number of hydrogen-bond donors (Lipinski definition) is 2. The highest BCUT2D eigenvalue weighted by Gasteiger charge is 2.38. The molecule has 0 bridgehead atoms. The van der Waals surface area contributed by atoms with Crippen molar-refractivity contribution in [1.29, 1.82) is 0 Å². The number of nitrogens with one attached hydrogen (secondary N) is 1. The number of amides is 1. The maximum Gasteiger partial charge on any atom is 0.246 e. The molecule has 2 unspecified atom stereocenters. The lowest BCUT2D eigenvalue weighted by atomic mass is 10.0. The summed E-state index contributed by atoms with van der Waals surface area (Å²) < 4.78 is 39.3. The van der Waals surface area contributed by atoms with Crippen LogP contribution in [0.15, 0.2) is 47.5 Å². The van der Waals surface area contributed by atoms with Gasteiger partial charge in [0.15, 0.2) is 12.1 Å². The number of ether oxygens (including phenoxy) is 2. The van der Waals surface area contributed by atoms with Crippen molar-refractivity contribution in [2.45, 2.75) is 12.1 Å². The van der Waals surface area contributed by atoms with Crippen molar-refractivity contribution in [2.75, 3.05) is 44.7 Å². The summed E-state index contributed by atoms with van der Waals surface area (Å²) in [6.07, 6.45) is -0.853. The molecular formula is C22H24F2N4O3. The minimum atomic E-state index is -1.07.